The second-order valence-corrected chi connectivity index (χ2v) is 5.84. The third-order valence-corrected chi connectivity index (χ3v) is 3.96. The van der Waals surface area contributed by atoms with Gasteiger partial charge in [0.15, 0.2) is 11.5 Å². The average molecular weight is 387 g/mol. The number of carbonyl (C=O) groups excluding carboxylic acids is 2. The average Bonchev–Trinajstić information content (AvgIpc) is 3.22. The van der Waals surface area contributed by atoms with Crippen LogP contribution >= 0.6 is 0 Å². The fourth-order valence-electron chi connectivity index (χ4n) is 2.55. The molecule has 0 N–H and O–H groups in total. The number of carbonyl (C=O) groups is 2. The molecule has 0 saturated carbocycles. The van der Waals surface area contributed by atoms with Crippen LogP contribution in [0.5, 0.6) is 11.5 Å². The SMILES string of the molecule is CCOC(=O)CCN(Cc1ccco1)C(=O)/C=C/c1ccc(OC)c(OC)c1. The van der Waals surface area contributed by atoms with E-state index in [9.17, 15) is 9.59 Å². The molecular formula is C21H25NO6. The molecule has 7 heteroatoms. The molecule has 7 nitrogen and oxygen atoms in total. The van der Waals surface area contributed by atoms with Crippen LogP contribution < -0.4 is 9.47 Å². The topological polar surface area (TPSA) is 78.2 Å². The van der Waals surface area contributed by atoms with Gasteiger partial charge in [0.2, 0.25) is 5.91 Å². The first-order chi connectivity index (χ1) is 13.6. The summed E-state index contributed by atoms with van der Waals surface area (Å²) >= 11 is 0. The Bertz CT molecular complexity index is 797. The van der Waals surface area contributed by atoms with Gasteiger partial charge in [-0.25, -0.2) is 0 Å². The van der Waals surface area contributed by atoms with Crippen molar-refractivity contribution in [3.05, 3.63) is 54.0 Å². The third-order valence-electron chi connectivity index (χ3n) is 3.96. The quantitative estimate of drug-likeness (QED) is 0.460. The van der Waals surface area contributed by atoms with E-state index >= 15 is 0 Å². The molecule has 0 aliphatic heterocycles. The maximum absolute atomic E-state index is 12.7. The van der Waals surface area contributed by atoms with Crippen molar-refractivity contribution in [2.45, 2.75) is 19.9 Å². The maximum atomic E-state index is 12.7. The van der Waals surface area contributed by atoms with Crippen molar-refractivity contribution >= 4 is 18.0 Å². The normalized spacial score (nSPS) is 10.7. The summed E-state index contributed by atoms with van der Waals surface area (Å²) in [6.45, 7) is 2.55. The number of methoxy groups -OCH3 is 2. The lowest BCUT2D eigenvalue weighted by molar-refractivity contribution is -0.143. The van der Waals surface area contributed by atoms with Crippen LogP contribution in [0.1, 0.15) is 24.7 Å². The number of nitrogens with zero attached hydrogens (tertiary/aromatic N) is 1. The van der Waals surface area contributed by atoms with Crippen molar-refractivity contribution in [1.29, 1.82) is 0 Å². The molecular weight excluding hydrogens is 362 g/mol. The molecule has 0 bridgehead atoms. The summed E-state index contributed by atoms with van der Waals surface area (Å²) in [5, 5.41) is 0. The standard InChI is InChI=1S/C21H25NO6/c1-4-27-21(24)11-12-22(15-17-6-5-13-28-17)20(23)10-8-16-7-9-18(25-2)19(14-16)26-3/h5-10,13-14H,4,11-12,15H2,1-3H3/b10-8+. The smallest absolute Gasteiger partial charge is 0.307 e. The molecule has 28 heavy (non-hydrogen) atoms. The second kappa shape index (κ2) is 10.8. The van der Waals surface area contributed by atoms with E-state index in [1.807, 2.05) is 6.07 Å². The molecule has 2 aromatic rings. The van der Waals surface area contributed by atoms with E-state index in [-0.39, 0.29) is 31.4 Å². The largest absolute Gasteiger partial charge is 0.493 e. The first kappa shape index (κ1) is 21.1. The summed E-state index contributed by atoms with van der Waals surface area (Å²) in [6, 6.07) is 8.90. The number of furan rings is 1. The lowest BCUT2D eigenvalue weighted by Gasteiger charge is -2.19. The second-order valence-electron chi connectivity index (χ2n) is 5.84. The summed E-state index contributed by atoms with van der Waals surface area (Å²) in [4.78, 5) is 25.9. The van der Waals surface area contributed by atoms with E-state index in [4.69, 9.17) is 18.6 Å². The zero-order valence-corrected chi connectivity index (χ0v) is 16.3. The Balaban J connectivity index is 2.09. The van der Waals surface area contributed by atoms with Gasteiger partial charge >= 0.3 is 5.97 Å². The van der Waals surface area contributed by atoms with Gasteiger partial charge in [-0.05, 0) is 42.8 Å². The molecule has 150 valence electrons. The predicted molar refractivity (Wildman–Crippen MR) is 104 cm³/mol. The van der Waals surface area contributed by atoms with Gasteiger partial charge in [0, 0.05) is 12.6 Å². The highest BCUT2D eigenvalue weighted by Gasteiger charge is 2.15. The van der Waals surface area contributed by atoms with Crippen LogP contribution in [0.2, 0.25) is 0 Å². The number of hydrogen-bond acceptors (Lipinski definition) is 6. The van der Waals surface area contributed by atoms with Crippen LogP contribution in [0.25, 0.3) is 6.08 Å². The zero-order valence-electron chi connectivity index (χ0n) is 16.3. The molecule has 0 radical (unpaired) electrons. The van der Waals surface area contributed by atoms with Gasteiger partial charge in [-0.2, -0.15) is 0 Å². The molecule has 0 fully saturated rings. The van der Waals surface area contributed by atoms with Crippen molar-refractivity contribution in [1.82, 2.24) is 4.90 Å². The van der Waals surface area contributed by atoms with Crippen molar-refractivity contribution in [3.63, 3.8) is 0 Å². The fraction of sp³-hybridized carbons (Fsp3) is 0.333. The van der Waals surface area contributed by atoms with E-state index in [1.165, 1.54) is 11.0 Å². The first-order valence-corrected chi connectivity index (χ1v) is 8.94. The molecule has 0 aliphatic carbocycles. The summed E-state index contributed by atoms with van der Waals surface area (Å²) in [6.07, 6.45) is 4.80. The van der Waals surface area contributed by atoms with E-state index in [0.29, 0.717) is 23.9 Å². The van der Waals surface area contributed by atoms with Crippen molar-refractivity contribution in [3.8, 4) is 11.5 Å². The first-order valence-electron chi connectivity index (χ1n) is 8.94. The minimum Gasteiger partial charge on any atom is -0.493 e. The molecule has 1 aromatic carbocycles. The number of hydrogen-bond donors (Lipinski definition) is 0. The van der Waals surface area contributed by atoms with E-state index in [0.717, 1.165) is 5.56 Å². The Labute approximate surface area is 164 Å². The molecule has 0 unspecified atom stereocenters. The van der Waals surface area contributed by atoms with Crippen LogP contribution in [0.15, 0.2) is 47.1 Å². The van der Waals surface area contributed by atoms with Crippen molar-refractivity contribution < 1.29 is 28.2 Å². The molecule has 0 spiro atoms. The zero-order chi connectivity index (χ0) is 20.4. The number of rotatable bonds is 10. The lowest BCUT2D eigenvalue weighted by Crippen LogP contribution is -2.31. The van der Waals surface area contributed by atoms with E-state index in [2.05, 4.69) is 0 Å². The Kier molecular flexibility index (Phi) is 8.14. The number of amides is 1. The molecule has 0 saturated heterocycles. The summed E-state index contributed by atoms with van der Waals surface area (Å²) in [5.74, 6) is 1.24. The summed E-state index contributed by atoms with van der Waals surface area (Å²) < 4.78 is 20.7. The highest BCUT2D eigenvalue weighted by atomic mass is 16.5. The molecule has 1 amide bonds. The molecule has 1 heterocycles. The van der Waals surface area contributed by atoms with Crippen LogP contribution in [0.4, 0.5) is 0 Å². The summed E-state index contributed by atoms with van der Waals surface area (Å²) in [7, 11) is 3.12. The molecule has 1 aromatic heterocycles. The molecule has 0 aliphatic rings. The van der Waals surface area contributed by atoms with Gasteiger partial charge < -0.3 is 23.5 Å². The highest BCUT2D eigenvalue weighted by Crippen LogP contribution is 2.28. The monoisotopic (exact) mass is 387 g/mol. The van der Waals surface area contributed by atoms with Gasteiger partial charge in [0.25, 0.3) is 0 Å². The maximum Gasteiger partial charge on any atom is 0.307 e. The molecule has 2 rings (SSSR count). The third kappa shape index (κ3) is 6.19. The number of esters is 1. The van der Waals surface area contributed by atoms with Crippen LogP contribution in [0, 0.1) is 0 Å². The fourth-order valence-corrected chi connectivity index (χ4v) is 2.55. The van der Waals surface area contributed by atoms with Crippen LogP contribution in [-0.4, -0.2) is 44.1 Å². The van der Waals surface area contributed by atoms with E-state index in [1.54, 1.807) is 57.7 Å². The van der Waals surface area contributed by atoms with Crippen LogP contribution in [0.3, 0.4) is 0 Å². The minimum absolute atomic E-state index is 0.116. The van der Waals surface area contributed by atoms with Gasteiger partial charge in [0.05, 0.1) is 40.1 Å². The minimum atomic E-state index is -0.344. The number of benzene rings is 1. The van der Waals surface area contributed by atoms with E-state index < -0.39 is 0 Å². The van der Waals surface area contributed by atoms with Gasteiger partial charge in [-0.15, -0.1) is 0 Å². The summed E-state index contributed by atoms with van der Waals surface area (Å²) in [5.41, 5.74) is 0.786. The van der Waals surface area contributed by atoms with Crippen LogP contribution in [-0.2, 0) is 20.9 Å². The Morgan fingerprint density at radius 1 is 1.14 bits per heavy atom. The molecule has 0 atom stereocenters. The number of ether oxygens (including phenoxy) is 3. The van der Waals surface area contributed by atoms with Gasteiger partial charge in [0.1, 0.15) is 5.76 Å². The Morgan fingerprint density at radius 3 is 2.57 bits per heavy atom. The van der Waals surface area contributed by atoms with Crippen molar-refractivity contribution in [2.75, 3.05) is 27.4 Å². The van der Waals surface area contributed by atoms with Gasteiger partial charge in [-0.3, -0.25) is 9.59 Å². The van der Waals surface area contributed by atoms with Crippen molar-refractivity contribution in [2.24, 2.45) is 0 Å². The highest BCUT2D eigenvalue weighted by molar-refractivity contribution is 5.92. The lowest BCUT2D eigenvalue weighted by atomic mass is 10.2. The van der Waals surface area contributed by atoms with Gasteiger partial charge in [-0.1, -0.05) is 6.07 Å². The Morgan fingerprint density at radius 2 is 1.93 bits per heavy atom. The Hall–Kier alpha value is -3.22. The predicted octanol–water partition coefficient (Wildman–Crippen LogP) is 3.29.